The van der Waals surface area contributed by atoms with E-state index in [2.05, 4.69) is 10.2 Å². The van der Waals surface area contributed by atoms with Crippen LogP contribution in [0.5, 0.6) is 5.75 Å². The number of nitrogens with one attached hydrogen (secondary N) is 2. The van der Waals surface area contributed by atoms with Gasteiger partial charge in [-0.2, -0.15) is 0 Å². The van der Waals surface area contributed by atoms with E-state index in [1.807, 2.05) is 30.3 Å². The molecule has 1 fully saturated rings. The summed E-state index contributed by atoms with van der Waals surface area (Å²) in [5.41, 5.74) is 0. The summed E-state index contributed by atoms with van der Waals surface area (Å²) >= 11 is 5.49. The van der Waals surface area contributed by atoms with Crippen LogP contribution in [0.2, 0.25) is 0 Å². The summed E-state index contributed by atoms with van der Waals surface area (Å²) in [4.78, 5) is 0. The topological polar surface area (TPSA) is 33.3 Å². The Morgan fingerprint density at radius 1 is 1.07 bits per heavy atom. The summed E-state index contributed by atoms with van der Waals surface area (Å²) < 4.78 is 5.83. The molecule has 1 aromatic rings. The first kappa shape index (κ1) is 11.1. The van der Waals surface area contributed by atoms with Crippen LogP contribution in [0.1, 0.15) is 12.8 Å². The molecule has 2 N–H and O–H groups in total. The Morgan fingerprint density at radius 2 is 1.67 bits per heavy atom. The molecule has 82 valence electrons. The first-order chi connectivity index (χ1) is 7.29. The van der Waals surface area contributed by atoms with E-state index in [1.54, 1.807) is 0 Å². The van der Waals surface area contributed by atoms with Gasteiger partial charge in [0.05, 0.1) is 0 Å². The first-order valence-corrected chi connectivity index (χ1v) is 7.85. The molecule has 15 heavy (non-hydrogen) atoms. The maximum Gasteiger partial charge on any atom is 0.247 e. The molecule has 0 amide bonds. The van der Waals surface area contributed by atoms with Gasteiger partial charge in [-0.25, -0.2) is 10.2 Å². The maximum atomic E-state index is 5.83. The van der Waals surface area contributed by atoms with Crippen molar-refractivity contribution in [2.45, 2.75) is 12.8 Å². The van der Waals surface area contributed by atoms with Crippen molar-refractivity contribution in [1.82, 2.24) is 10.2 Å². The third-order valence-corrected chi connectivity index (χ3v) is 4.97. The van der Waals surface area contributed by atoms with E-state index in [1.165, 1.54) is 0 Å². The highest BCUT2D eigenvalue weighted by atomic mass is 32.4. The molecule has 3 nitrogen and oxygen atoms in total. The van der Waals surface area contributed by atoms with Gasteiger partial charge >= 0.3 is 0 Å². The molecule has 0 atom stereocenters. The second-order valence-corrected chi connectivity index (χ2v) is 6.94. The molecule has 0 aliphatic carbocycles. The Balaban J connectivity index is 2.06. The van der Waals surface area contributed by atoms with Gasteiger partial charge in [0.1, 0.15) is 5.75 Å². The Labute approximate surface area is 95.4 Å². The molecule has 5 heteroatoms. The zero-order valence-electron chi connectivity index (χ0n) is 8.48. The Morgan fingerprint density at radius 3 is 2.27 bits per heavy atom. The van der Waals surface area contributed by atoms with E-state index < -0.39 is 6.57 Å². The average molecular weight is 242 g/mol. The van der Waals surface area contributed by atoms with Gasteiger partial charge in [0.15, 0.2) is 0 Å². The third-order valence-electron chi connectivity index (χ3n) is 2.22. The fourth-order valence-corrected chi connectivity index (χ4v) is 3.82. The second-order valence-electron chi connectivity index (χ2n) is 3.48. The van der Waals surface area contributed by atoms with Gasteiger partial charge in [-0.05, 0) is 36.8 Å². The number of para-hydroxylation sites is 1. The lowest BCUT2D eigenvalue weighted by Crippen LogP contribution is -2.23. The van der Waals surface area contributed by atoms with Crippen LogP contribution in [0.15, 0.2) is 30.3 Å². The Hall–Kier alpha value is -0.410. The van der Waals surface area contributed by atoms with E-state index in [-0.39, 0.29) is 0 Å². The highest BCUT2D eigenvalue weighted by Gasteiger charge is 2.19. The van der Waals surface area contributed by atoms with Crippen molar-refractivity contribution < 1.29 is 4.52 Å². The van der Waals surface area contributed by atoms with E-state index in [0.717, 1.165) is 31.7 Å². The van der Waals surface area contributed by atoms with Crippen LogP contribution in [-0.2, 0) is 11.8 Å². The van der Waals surface area contributed by atoms with Crippen molar-refractivity contribution in [1.29, 1.82) is 0 Å². The number of rotatable bonds is 2. The highest BCUT2D eigenvalue weighted by Crippen LogP contribution is 2.39. The quantitative estimate of drug-likeness (QED) is 0.779. The first-order valence-electron chi connectivity index (χ1n) is 5.13. The molecule has 2 rings (SSSR count). The van der Waals surface area contributed by atoms with Crippen molar-refractivity contribution in [3.63, 3.8) is 0 Å². The van der Waals surface area contributed by atoms with Crippen LogP contribution in [0.3, 0.4) is 0 Å². The lowest BCUT2D eigenvalue weighted by Gasteiger charge is -2.22. The molecule has 0 spiro atoms. The molecule has 0 bridgehead atoms. The zero-order chi connectivity index (χ0) is 10.6. The third kappa shape index (κ3) is 3.28. The molecular formula is C10H15N2OPS. The van der Waals surface area contributed by atoms with Crippen molar-refractivity contribution >= 4 is 18.4 Å². The maximum absolute atomic E-state index is 5.83. The van der Waals surface area contributed by atoms with Crippen LogP contribution >= 0.6 is 6.57 Å². The van der Waals surface area contributed by atoms with Crippen molar-refractivity contribution in [2.24, 2.45) is 0 Å². The monoisotopic (exact) mass is 242 g/mol. The van der Waals surface area contributed by atoms with Gasteiger partial charge in [0, 0.05) is 13.1 Å². The molecule has 1 aliphatic rings. The van der Waals surface area contributed by atoms with Crippen LogP contribution < -0.4 is 14.7 Å². The summed E-state index contributed by atoms with van der Waals surface area (Å²) in [5, 5.41) is 6.60. The largest absolute Gasteiger partial charge is 0.441 e. The summed E-state index contributed by atoms with van der Waals surface area (Å²) in [5.74, 6) is 0.836. The molecule has 1 aromatic carbocycles. The SMILES string of the molecule is S=P1(Oc2ccccc2)NCCCCN1. The van der Waals surface area contributed by atoms with Gasteiger partial charge < -0.3 is 4.52 Å². The summed E-state index contributed by atoms with van der Waals surface area (Å²) in [6.07, 6.45) is 2.31. The summed E-state index contributed by atoms with van der Waals surface area (Å²) in [7, 11) is 0. The second kappa shape index (κ2) is 5.08. The Bertz CT molecular complexity index is 346. The molecule has 0 saturated carbocycles. The molecule has 0 unspecified atom stereocenters. The van der Waals surface area contributed by atoms with Crippen LogP contribution in [0.4, 0.5) is 0 Å². The molecule has 1 heterocycles. The van der Waals surface area contributed by atoms with Gasteiger partial charge in [-0.3, -0.25) is 0 Å². The van der Waals surface area contributed by atoms with Gasteiger partial charge in [0.25, 0.3) is 0 Å². The highest BCUT2D eigenvalue weighted by molar-refractivity contribution is 8.10. The normalized spacial score (nSPS) is 20.5. The van der Waals surface area contributed by atoms with Gasteiger partial charge in [-0.15, -0.1) is 0 Å². The predicted octanol–water partition coefficient (Wildman–Crippen LogP) is 2.26. The molecule has 0 radical (unpaired) electrons. The standard InChI is InChI=1S/C10H15N2OPS/c15-14(11-8-4-5-9-12-14)13-10-6-2-1-3-7-10/h1-3,6-7H,4-5,8-9H2,(H2,11,12,15). The van der Waals surface area contributed by atoms with Gasteiger partial charge in [0.2, 0.25) is 6.57 Å². The summed E-state index contributed by atoms with van der Waals surface area (Å²) in [6, 6.07) is 9.74. The van der Waals surface area contributed by atoms with E-state index in [4.69, 9.17) is 16.3 Å². The fourth-order valence-electron chi connectivity index (χ4n) is 1.45. The molecular weight excluding hydrogens is 227 g/mol. The van der Waals surface area contributed by atoms with E-state index in [9.17, 15) is 0 Å². The minimum Gasteiger partial charge on any atom is -0.441 e. The van der Waals surface area contributed by atoms with Crippen molar-refractivity contribution in [2.75, 3.05) is 13.1 Å². The zero-order valence-corrected chi connectivity index (χ0v) is 10.2. The lowest BCUT2D eigenvalue weighted by atomic mass is 10.3. The van der Waals surface area contributed by atoms with Crippen LogP contribution in [0.25, 0.3) is 0 Å². The molecule has 1 saturated heterocycles. The van der Waals surface area contributed by atoms with Gasteiger partial charge in [-0.1, -0.05) is 18.2 Å². The predicted molar refractivity (Wildman–Crippen MR) is 66.6 cm³/mol. The van der Waals surface area contributed by atoms with Crippen molar-refractivity contribution in [3.05, 3.63) is 30.3 Å². The lowest BCUT2D eigenvalue weighted by molar-refractivity contribution is 0.586. The average Bonchev–Trinajstić information content (AvgIpc) is 2.45. The molecule has 0 aromatic heterocycles. The number of hydrogen-bond donors (Lipinski definition) is 2. The number of benzene rings is 1. The van der Waals surface area contributed by atoms with Crippen molar-refractivity contribution in [3.8, 4) is 5.75 Å². The minimum atomic E-state index is -2.05. The Kier molecular flexibility index (Phi) is 3.76. The fraction of sp³-hybridized carbons (Fsp3) is 0.400. The number of hydrogen-bond acceptors (Lipinski definition) is 2. The smallest absolute Gasteiger partial charge is 0.247 e. The summed E-state index contributed by atoms with van der Waals surface area (Å²) in [6.45, 7) is -0.162. The molecule has 1 aliphatic heterocycles. The van der Waals surface area contributed by atoms with Crippen LogP contribution in [-0.4, -0.2) is 13.1 Å². The van der Waals surface area contributed by atoms with Crippen LogP contribution in [0, 0.1) is 0 Å². The van der Waals surface area contributed by atoms with E-state index in [0.29, 0.717) is 0 Å². The minimum absolute atomic E-state index is 0.836. The van der Waals surface area contributed by atoms with E-state index >= 15 is 0 Å².